The summed E-state index contributed by atoms with van der Waals surface area (Å²) in [7, 11) is 0. The molecule has 0 radical (unpaired) electrons. The number of carbonyl (C=O) groups is 3. The lowest BCUT2D eigenvalue weighted by Gasteiger charge is -2.21. The van der Waals surface area contributed by atoms with Gasteiger partial charge < -0.3 is 20.4 Å². The van der Waals surface area contributed by atoms with Gasteiger partial charge in [-0.15, -0.1) is 0 Å². The molecule has 0 spiro atoms. The number of allylic oxidation sites excluding steroid dienone is 4. The summed E-state index contributed by atoms with van der Waals surface area (Å²) in [6.07, 6.45) is 21.8. The second kappa shape index (κ2) is 19.2. The molecule has 1 aromatic rings. The number of anilines is 2. The van der Waals surface area contributed by atoms with Crippen LogP contribution in [0.4, 0.5) is 11.4 Å². The average Bonchev–Trinajstić information content (AvgIpc) is 2.80. The highest BCUT2D eigenvalue weighted by molar-refractivity contribution is 5.91. The fourth-order valence-electron chi connectivity index (χ4n) is 3.67. The number of nitrogens with one attached hydrogen (secondary N) is 1. The number of hydrogen-bond acceptors (Lipinski definition) is 4. The molecule has 194 valence electrons. The molecule has 0 aromatic heterocycles. The van der Waals surface area contributed by atoms with Gasteiger partial charge in [-0.2, -0.15) is 0 Å². The largest absolute Gasteiger partial charge is 0.480 e. The minimum Gasteiger partial charge on any atom is -0.480 e. The van der Waals surface area contributed by atoms with Crippen molar-refractivity contribution in [3.05, 3.63) is 48.6 Å². The van der Waals surface area contributed by atoms with Crippen molar-refractivity contribution in [3.8, 4) is 0 Å². The van der Waals surface area contributed by atoms with E-state index in [-0.39, 0.29) is 5.91 Å². The van der Waals surface area contributed by atoms with Gasteiger partial charge in [-0.1, -0.05) is 69.4 Å². The van der Waals surface area contributed by atoms with Crippen LogP contribution in [-0.2, 0) is 14.4 Å². The fourth-order valence-corrected chi connectivity index (χ4v) is 3.67. The van der Waals surface area contributed by atoms with E-state index < -0.39 is 25.0 Å². The molecule has 1 rings (SSSR count). The number of carboxylic acids is 2. The van der Waals surface area contributed by atoms with Crippen LogP contribution in [-0.4, -0.2) is 41.1 Å². The van der Waals surface area contributed by atoms with E-state index in [0.29, 0.717) is 17.8 Å². The predicted octanol–water partition coefficient (Wildman–Crippen LogP) is 6.41. The molecule has 0 fully saturated rings. The quantitative estimate of drug-likeness (QED) is 0.145. The first-order valence-electron chi connectivity index (χ1n) is 12.8. The molecule has 0 saturated carbocycles. The van der Waals surface area contributed by atoms with Crippen LogP contribution < -0.4 is 10.2 Å². The van der Waals surface area contributed by atoms with Crippen molar-refractivity contribution in [2.45, 2.75) is 84.0 Å². The Hall–Kier alpha value is -3.09. The highest BCUT2D eigenvalue weighted by Gasteiger charge is 2.15. The summed E-state index contributed by atoms with van der Waals surface area (Å²) >= 11 is 0. The van der Waals surface area contributed by atoms with Gasteiger partial charge in [-0.05, 0) is 56.7 Å². The van der Waals surface area contributed by atoms with Crippen LogP contribution in [0.2, 0.25) is 0 Å². The average molecular weight is 487 g/mol. The summed E-state index contributed by atoms with van der Waals surface area (Å²) in [5.41, 5.74) is 0.959. The zero-order chi connectivity index (χ0) is 25.7. The zero-order valence-corrected chi connectivity index (χ0v) is 21.1. The lowest BCUT2D eigenvalue weighted by Crippen LogP contribution is -2.34. The number of unbranched alkanes of at least 4 members (excludes halogenated alkanes) is 8. The van der Waals surface area contributed by atoms with E-state index in [1.165, 1.54) is 37.0 Å². The smallest absolute Gasteiger partial charge is 0.323 e. The fraction of sp³-hybridized carbons (Fsp3) is 0.536. The first-order chi connectivity index (χ1) is 16.9. The molecule has 0 saturated heterocycles. The standard InChI is InChI=1S/C28H42N2O5/c1-2-3-4-5-6-7-8-9-10-11-12-13-14-15-16-20-26(31)29-24-18-17-19-25(21-24)30(22-27(32)33)23-28(34)35/h6-7,9-10,17-19,21H,2-5,8,11-16,20,22-23H2,1H3,(H,29,31)(H,32,33)(H,34,35). The minimum absolute atomic E-state index is 0.101. The van der Waals surface area contributed by atoms with Crippen molar-refractivity contribution in [2.24, 2.45) is 0 Å². The van der Waals surface area contributed by atoms with Gasteiger partial charge in [0.2, 0.25) is 5.91 Å². The van der Waals surface area contributed by atoms with Crippen LogP contribution in [0, 0.1) is 0 Å². The lowest BCUT2D eigenvalue weighted by atomic mass is 10.1. The van der Waals surface area contributed by atoms with Crippen LogP contribution in [0.25, 0.3) is 0 Å². The maximum absolute atomic E-state index is 12.3. The number of benzene rings is 1. The van der Waals surface area contributed by atoms with E-state index in [1.807, 2.05) is 0 Å². The van der Waals surface area contributed by atoms with Gasteiger partial charge in [0, 0.05) is 17.8 Å². The zero-order valence-electron chi connectivity index (χ0n) is 21.1. The second-order valence-corrected chi connectivity index (χ2v) is 8.72. The summed E-state index contributed by atoms with van der Waals surface area (Å²) in [6, 6.07) is 6.60. The summed E-state index contributed by atoms with van der Waals surface area (Å²) in [4.78, 5) is 35.6. The maximum Gasteiger partial charge on any atom is 0.323 e. The molecule has 7 nitrogen and oxygen atoms in total. The highest BCUT2D eigenvalue weighted by atomic mass is 16.4. The monoisotopic (exact) mass is 486 g/mol. The van der Waals surface area contributed by atoms with E-state index in [4.69, 9.17) is 10.2 Å². The Morgan fingerprint density at radius 3 is 2.06 bits per heavy atom. The van der Waals surface area contributed by atoms with E-state index in [2.05, 4.69) is 36.5 Å². The van der Waals surface area contributed by atoms with E-state index in [9.17, 15) is 14.4 Å². The molecule has 3 N–H and O–H groups in total. The van der Waals surface area contributed by atoms with Crippen LogP contribution in [0.3, 0.4) is 0 Å². The van der Waals surface area contributed by atoms with Crippen molar-refractivity contribution in [1.82, 2.24) is 0 Å². The normalized spacial score (nSPS) is 11.2. The highest BCUT2D eigenvalue weighted by Crippen LogP contribution is 2.20. The number of carbonyl (C=O) groups excluding carboxylic acids is 1. The van der Waals surface area contributed by atoms with E-state index >= 15 is 0 Å². The number of aliphatic carboxylic acids is 2. The van der Waals surface area contributed by atoms with Crippen molar-refractivity contribution in [1.29, 1.82) is 0 Å². The van der Waals surface area contributed by atoms with Gasteiger partial charge in [0.15, 0.2) is 0 Å². The molecule has 7 heteroatoms. The Morgan fingerprint density at radius 1 is 0.829 bits per heavy atom. The first-order valence-corrected chi connectivity index (χ1v) is 12.8. The summed E-state index contributed by atoms with van der Waals surface area (Å²) in [5.74, 6) is -2.35. The number of nitrogens with zero attached hydrogens (tertiary/aromatic N) is 1. The molecule has 0 bridgehead atoms. The number of rotatable bonds is 20. The van der Waals surface area contributed by atoms with Crippen LogP contribution in [0.1, 0.15) is 84.0 Å². The molecular formula is C28H42N2O5. The van der Waals surface area contributed by atoms with E-state index in [0.717, 1.165) is 38.5 Å². The minimum atomic E-state index is -1.12. The second-order valence-electron chi connectivity index (χ2n) is 8.72. The Balaban J connectivity index is 2.20. The van der Waals surface area contributed by atoms with Crippen molar-refractivity contribution in [3.63, 3.8) is 0 Å². The van der Waals surface area contributed by atoms with Crippen molar-refractivity contribution in [2.75, 3.05) is 23.3 Å². The lowest BCUT2D eigenvalue weighted by molar-refractivity contribution is -0.136. The molecule has 0 aliphatic carbocycles. The topological polar surface area (TPSA) is 107 Å². The maximum atomic E-state index is 12.3. The van der Waals surface area contributed by atoms with Crippen LogP contribution >= 0.6 is 0 Å². The third-order valence-corrected chi connectivity index (χ3v) is 5.50. The van der Waals surface area contributed by atoms with Gasteiger partial charge in [0.1, 0.15) is 13.1 Å². The molecular weight excluding hydrogens is 444 g/mol. The third kappa shape index (κ3) is 16.2. The Labute approximate surface area is 209 Å². The molecule has 0 heterocycles. The number of hydrogen-bond donors (Lipinski definition) is 3. The van der Waals surface area contributed by atoms with Crippen molar-refractivity contribution >= 4 is 29.2 Å². The summed E-state index contributed by atoms with van der Waals surface area (Å²) in [5, 5.41) is 20.9. The van der Waals surface area contributed by atoms with Crippen LogP contribution in [0.5, 0.6) is 0 Å². The number of amides is 1. The molecule has 0 aliphatic heterocycles. The van der Waals surface area contributed by atoms with Gasteiger partial charge in [0.25, 0.3) is 0 Å². The molecule has 1 amide bonds. The third-order valence-electron chi connectivity index (χ3n) is 5.50. The predicted molar refractivity (Wildman–Crippen MR) is 142 cm³/mol. The summed E-state index contributed by atoms with van der Waals surface area (Å²) in [6.45, 7) is 1.35. The molecule has 1 aromatic carbocycles. The van der Waals surface area contributed by atoms with Gasteiger partial charge in [-0.25, -0.2) is 0 Å². The molecule has 0 unspecified atom stereocenters. The SMILES string of the molecule is CCCCCC=CCC=CCCCCCCCC(=O)Nc1cccc(N(CC(=O)O)CC(=O)O)c1. The molecule has 0 aliphatic rings. The molecule has 35 heavy (non-hydrogen) atoms. The Kier molecular flexibility index (Phi) is 16.5. The van der Waals surface area contributed by atoms with Gasteiger partial charge >= 0.3 is 11.9 Å². The van der Waals surface area contributed by atoms with Gasteiger partial charge in [0.05, 0.1) is 0 Å². The van der Waals surface area contributed by atoms with Crippen LogP contribution in [0.15, 0.2) is 48.6 Å². The molecule has 0 atom stereocenters. The van der Waals surface area contributed by atoms with E-state index in [1.54, 1.807) is 24.3 Å². The Morgan fingerprint density at radius 2 is 1.43 bits per heavy atom. The van der Waals surface area contributed by atoms with Crippen molar-refractivity contribution < 1.29 is 24.6 Å². The Bertz CT molecular complexity index is 803. The summed E-state index contributed by atoms with van der Waals surface area (Å²) < 4.78 is 0. The first kappa shape index (κ1) is 29.9. The number of carboxylic acid groups (broad SMARTS) is 2. The van der Waals surface area contributed by atoms with Gasteiger partial charge in [-0.3, -0.25) is 14.4 Å².